The molecule has 2 atom stereocenters. The quantitative estimate of drug-likeness (QED) is 0.849. The van der Waals surface area contributed by atoms with Gasteiger partial charge in [0.15, 0.2) is 12.1 Å². The summed E-state index contributed by atoms with van der Waals surface area (Å²) < 4.78 is 19.0. The Morgan fingerprint density at radius 2 is 1.95 bits per heavy atom. The Bertz CT molecular complexity index is 636. The van der Waals surface area contributed by atoms with E-state index < -0.39 is 12.1 Å². The first kappa shape index (κ1) is 11.5. The zero-order chi connectivity index (χ0) is 13.2. The molecule has 19 heavy (non-hydrogen) atoms. The Morgan fingerprint density at radius 3 is 2.68 bits per heavy atom. The second kappa shape index (κ2) is 4.62. The summed E-state index contributed by atoms with van der Waals surface area (Å²) >= 11 is 0. The van der Waals surface area contributed by atoms with Crippen molar-refractivity contribution in [2.24, 2.45) is 0 Å². The van der Waals surface area contributed by atoms with Gasteiger partial charge in [-0.25, -0.2) is 4.39 Å². The molecular weight excluding hydrogens is 243 g/mol. The number of nitrogens with zero attached hydrogens (tertiary/aromatic N) is 1. The Balaban J connectivity index is 2.00. The number of nitrogens with one attached hydrogen (secondary N) is 1. The number of hydrogen-bond donors (Lipinski definition) is 1. The fraction of sp³-hybridized carbons (Fsp3) is 0.133. The Labute approximate surface area is 110 Å². The van der Waals surface area contributed by atoms with Crippen molar-refractivity contribution in [3.63, 3.8) is 0 Å². The molecule has 0 radical (unpaired) electrons. The van der Waals surface area contributed by atoms with Crippen LogP contribution in [-0.4, -0.2) is 6.04 Å². The van der Waals surface area contributed by atoms with Gasteiger partial charge < -0.3 is 10.1 Å². The van der Waals surface area contributed by atoms with Crippen LogP contribution in [0.25, 0.3) is 0 Å². The number of nitriles is 1. The van der Waals surface area contributed by atoms with E-state index in [-0.39, 0.29) is 5.82 Å². The van der Waals surface area contributed by atoms with E-state index in [0.717, 1.165) is 5.56 Å². The van der Waals surface area contributed by atoms with Crippen molar-refractivity contribution in [1.82, 2.24) is 0 Å². The van der Waals surface area contributed by atoms with Gasteiger partial charge in [0.25, 0.3) is 0 Å². The molecule has 1 heterocycles. The van der Waals surface area contributed by atoms with Gasteiger partial charge in [-0.1, -0.05) is 30.3 Å². The van der Waals surface area contributed by atoms with E-state index >= 15 is 0 Å². The summed E-state index contributed by atoms with van der Waals surface area (Å²) in [5, 5.41) is 12.2. The Kier molecular flexibility index (Phi) is 2.81. The van der Waals surface area contributed by atoms with Crippen LogP contribution >= 0.6 is 0 Å². The monoisotopic (exact) mass is 254 g/mol. The highest BCUT2D eigenvalue weighted by atomic mass is 19.1. The van der Waals surface area contributed by atoms with Crippen LogP contribution < -0.4 is 10.1 Å². The number of anilines is 1. The third-order valence-corrected chi connectivity index (χ3v) is 3.08. The minimum absolute atomic E-state index is 0.357. The van der Waals surface area contributed by atoms with E-state index in [1.54, 1.807) is 6.07 Å². The van der Waals surface area contributed by atoms with E-state index in [4.69, 9.17) is 4.74 Å². The van der Waals surface area contributed by atoms with E-state index in [2.05, 4.69) is 11.4 Å². The predicted octanol–water partition coefficient (Wildman–Crippen LogP) is 3.26. The summed E-state index contributed by atoms with van der Waals surface area (Å²) in [4.78, 5) is 0. The molecule has 0 amide bonds. The van der Waals surface area contributed by atoms with Gasteiger partial charge in [0.2, 0.25) is 0 Å². The molecule has 3 rings (SSSR count). The van der Waals surface area contributed by atoms with E-state index in [1.165, 1.54) is 12.1 Å². The van der Waals surface area contributed by atoms with E-state index in [1.807, 2.05) is 30.3 Å². The second-order valence-corrected chi connectivity index (χ2v) is 4.34. The lowest BCUT2D eigenvalue weighted by molar-refractivity contribution is 0.189. The van der Waals surface area contributed by atoms with Crippen LogP contribution in [-0.2, 0) is 0 Å². The van der Waals surface area contributed by atoms with Crippen molar-refractivity contribution >= 4 is 5.69 Å². The van der Waals surface area contributed by atoms with Crippen LogP contribution in [0.4, 0.5) is 10.1 Å². The lowest BCUT2D eigenvalue weighted by Crippen LogP contribution is -2.33. The first-order valence-corrected chi connectivity index (χ1v) is 5.95. The molecule has 94 valence electrons. The molecule has 0 saturated heterocycles. The molecule has 4 heteroatoms. The van der Waals surface area contributed by atoms with Crippen molar-refractivity contribution in [2.45, 2.75) is 12.1 Å². The van der Waals surface area contributed by atoms with Crippen LogP contribution in [0.1, 0.15) is 11.7 Å². The maximum atomic E-state index is 13.2. The van der Waals surface area contributed by atoms with Gasteiger partial charge in [-0.05, 0) is 17.7 Å². The number of fused-ring (bicyclic) bond motifs is 1. The minimum atomic E-state index is -0.545. The van der Waals surface area contributed by atoms with Gasteiger partial charge in [0.1, 0.15) is 11.6 Å². The lowest BCUT2D eigenvalue weighted by Gasteiger charge is -2.31. The van der Waals surface area contributed by atoms with Crippen LogP contribution in [0.5, 0.6) is 5.75 Å². The molecule has 3 nitrogen and oxygen atoms in total. The van der Waals surface area contributed by atoms with E-state index in [0.29, 0.717) is 11.4 Å². The highest BCUT2D eigenvalue weighted by molar-refractivity contribution is 5.60. The fourth-order valence-corrected chi connectivity index (χ4v) is 2.17. The van der Waals surface area contributed by atoms with Gasteiger partial charge in [0, 0.05) is 6.07 Å². The van der Waals surface area contributed by atoms with Gasteiger partial charge in [-0.15, -0.1) is 0 Å². The summed E-state index contributed by atoms with van der Waals surface area (Å²) in [6, 6.07) is 15.4. The SMILES string of the molecule is N#CC1Nc2cc(F)ccc2OC1c1ccccc1. The topological polar surface area (TPSA) is 45.0 Å². The third-order valence-electron chi connectivity index (χ3n) is 3.08. The van der Waals surface area contributed by atoms with Crippen LogP contribution in [0.15, 0.2) is 48.5 Å². The molecule has 2 aromatic carbocycles. The van der Waals surface area contributed by atoms with Crippen LogP contribution in [0, 0.1) is 17.1 Å². The number of ether oxygens (including phenoxy) is 1. The maximum absolute atomic E-state index is 13.2. The summed E-state index contributed by atoms with van der Waals surface area (Å²) in [6.07, 6.45) is -0.399. The van der Waals surface area contributed by atoms with Gasteiger partial charge in [-0.3, -0.25) is 0 Å². The number of hydrogen-bond acceptors (Lipinski definition) is 3. The predicted molar refractivity (Wildman–Crippen MR) is 69.2 cm³/mol. The molecule has 0 aromatic heterocycles. The standard InChI is InChI=1S/C15H11FN2O/c16-11-6-7-14-12(8-11)18-13(9-17)15(19-14)10-4-2-1-3-5-10/h1-8,13,15,18H. The average molecular weight is 254 g/mol. The van der Waals surface area contributed by atoms with Gasteiger partial charge in [-0.2, -0.15) is 5.26 Å². The zero-order valence-corrected chi connectivity index (χ0v) is 10.0. The van der Waals surface area contributed by atoms with E-state index in [9.17, 15) is 9.65 Å². The summed E-state index contributed by atoms with van der Waals surface area (Å²) in [6.45, 7) is 0. The summed E-state index contributed by atoms with van der Waals surface area (Å²) in [5.74, 6) is 0.200. The van der Waals surface area contributed by atoms with Crippen molar-refractivity contribution < 1.29 is 9.13 Å². The Hall–Kier alpha value is -2.54. The van der Waals surface area contributed by atoms with Gasteiger partial charge >= 0.3 is 0 Å². The van der Waals surface area contributed by atoms with Crippen molar-refractivity contribution in [3.05, 3.63) is 59.9 Å². The molecule has 1 aliphatic heterocycles. The fourth-order valence-electron chi connectivity index (χ4n) is 2.17. The molecule has 0 fully saturated rings. The normalized spacial score (nSPS) is 20.6. The summed E-state index contributed by atoms with van der Waals surface area (Å²) in [7, 11) is 0. The number of rotatable bonds is 1. The molecule has 2 aromatic rings. The van der Waals surface area contributed by atoms with Crippen molar-refractivity contribution in [2.75, 3.05) is 5.32 Å². The second-order valence-electron chi connectivity index (χ2n) is 4.34. The smallest absolute Gasteiger partial charge is 0.157 e. The zero-order valence-electron chi connectivity index (χ0n) is 10.0. The third kappa shape index (κ3) is 2.11. The average Bonchev–Trinajstić information content (AvgIpc) is 2.46. The van der Waals surface area contributed by atoms with Crippen LogP contribution in [0.2, 0.25) is 0 Å². The first-order chi connectivity index (χ1) is 9.28. The molecule has 1 aliphatic rings. The molecular formula is C15H11FN2O. The molecule has 0 aliphatic carbocycles. The Morgan fingerprint density at radius 1 is 1.16 bits per heavy atom. The highest BCUT2D eigenvalue weighted by Gasteiger charge is 2.30. The maximum Gasteiger partial charge on any atom is 0.157 e. The van der Waals surface area contributed by atoms with Crippen LogP contribution in [0.3, 0.4) is 0 Å². The molecule has 0 spiro atoms. The minimum Gasteiger partial charge on any atom is -0.480 e. The summed E-state index contributed by atoms with van der Waals surface area (Å²) in [5.41, 5.74) is 1.43. The number of halogens is 1. The lowest BCUT2D eigenvalue weighted by atomic mass is 10.0. The molecule has 1 N–H and O–H groups in total. The molecule has 0 saturated carbocycles. The van der Waals surface area contributed by atoms with Crippen molar-refractivity contribution in [1.29, 1.82) is 5.26 Å². The first-order valence-electron chi connectivity index (χ1n) is 5.95. The largest absolute Gasteiger partial charge is 0.480 e. The molecule has 0 bridgehead atoms. The number of benzene rings is 2. The van der Waals surface area contributed by atoms with Crippen molar-refractivity contribution in [3.8, 4) is 11.8 Å². The molecule has 2 unspecified atom stereocenters. The van der Waals surface area contributed by atoms with Gasteiger partial charge in [0.05, 0.1) is 11.8 Å². The highest BCUT2D eigenvalue weighted by Crippen LogP contribution is 2.37.